The molecule has 148 valence electrons. The molecule has 0 spiro atoms. The molecule has 1 aromatic rings. The number of thiocarbonyl (C=S) groups is 1. The average molecular weight is 418 g/mol. The van der Waals surface area contributed by atoms with Crippen LogP contribution in [0.3, 0.4) is 0 Å². The van der Waals surface area contributed by atoms with Gasteiger partial charge in [0.2, 0.25) is 0 Å². The van der Waals surface area contributed by atoms with Crippen LogP contribution in [0, 0.1) is 0 Å². The number of rotatable bonds is 7. The van der Waals surface area contributed by atoms with Gasteiger partial charge in [-0.05, 0) is 38.0 Å². The van der Waals surface area contributed by atoms with Crippen molar-refractivity contribution in [3.8, 4) is 0 Å². The average Bonchev–Trinajstić information content (AvgIpc) is 2.99. The van der Waals surface area contributed by atoms with E-state index in [-0.39, 0.29) is 18.8 Å². The molecule has 1 saturated heterocycles. The molecule has 7 heteroatoms. The molecule has 28 heavy (non-hydrogen) atoms. The molecule has 5 nitrogen and oxygen atoms in total. The molecular formula is C21H23NO4S2. The summed E-state index contributed by atoms with van der Waals surface area (Å²) in [6, 6.07) is 10.0. The first-order valence-electron chi connectivity index (χ1n) is 8.93. The van der Waals surface area contributed by atoms with Crippen molar-refractivity contribution in [2.45, 2.75) is 20.8 Å². The molecule has 1 aromatic carbocycles. The molecular weight excluding hydrogens is 394 g/mol. The molecule has 1 aliphatic rings. The van der Waals surface area contributed by atoms with Crippen LogP contribution >= 0.6 is 24.0 Å². The molecule has 0 atom stereocenters. The van der Waals surface area contributed by atoms with E-state index in [9.17, 15) is 9.59 Å². The lowest BCUT2D eigenvalue weighted by Crippen LogP contribution is -2.24. The van der Waals surface area contributed by atoms with E-state index in [2.05, 4.69) is 6.08 Å². The molecule has 0 aromatic heterocycles. The summed E-state index contributed by atoms with van der Waals surface area (Å²) in [6.07, 6.45) is 5.55. The van der Waals surface area contributed by atoms with Crippen molar-refractivity contribution >= 4 is 46.3 Å². The van der Waals surface area contributed by atoms with Gasteiger partial charge in [-0.3, -0.25) is 0 Å². The molecule has 0 amide bonds. The number of carbonyl (C=O) groups is 2. The number of esters is 2. The summed E-state index contributed by atoms with van der Waals surface area (Å²) in [5.74, 6) is -1.43. The van der Waals surface area contributed by atoms with Crippen LogP contribution < -0.4 is 0 Å². The quantitative estimate of drug-likeness (QED) is 0.215. The Balaban J connectivity index is 2.19. The summed E-state index contributed by atoms with van der Waals surface area (Å²) in [5, 5.41) is 0. The highest BCUT2D eigenvalue weighted by molar-refractivity contribution is 8.25. The first-order chi connectivity index (χ1) is 13.4. The zero-order valence-electron chi connectivity index (χ0n) is 16.1. The van der Waals surface area contributed by atoms with Crippen molar-refractivity contribution in [3.05, 3.63) is 64.2 Å². The third-order valence-electron chi connectivity index (χ3n) is 3.64. The van der Waals surface area contributed by atoms with E-state index in [1.165, 1.54) is 18.0 Å². The maximum Gasteiger partial charge on any atom is 0.347 e. The van der Waals surface area contributed by atoms with Crippen LogP contribution in [0.25, 0.3) is 6.08 Å². The number of carbonyl (C=O) groups excluding carboxylic acids is 2. The van der Waals surface area contributed by atoms with E-state index in [0.29, 0.717) is 10.9 Å². The van der Waals surface area contributed by atoms with Gasteiger partial charge in [0.1, 0.15) is 4.32 Å². The normalized spacial score (nSPS) is 15.5. The van der Waals surface area contributed by atoms with E-state index < -0.39 is 11.9 Å². The Morgan fingerprint density at radius 3 is 2.32 bits per heavy atom. The van der Waals surface area contributed by atoms with Crippen LogP contribution in [-0.4, -0.2) is 40.9 Å². The van der Waals surface area contributed by atoms with Gasteiger partial charge < -0.3 is 14.4 Å². The van der Waals surface area contributed by atoms with E-state index in [4.69, 9.17) is 21.7 Å². The van der Waals surface area contributed by atoms with Crippen LogP contribution in [0.5, 0.6) is 0 Å². The van der Waals surface area contributed by atoms with Crippen LogP contribution in [0.4, 0.5) is 0 Å². The fourth-order valence-corrected chi connectivity index (χ4v) is 3.82. The zero-order valence-corrected chi connectivity index (χ0v) is 17.8. The van der Waals surface area contributed by atoms with Crippen molar-refractivity contribution < 1.29 is 19.1 Å². The molecule has 0 saturated carbocycles. The number of allylic oxidation sites excluding steroid dienone is 2. The Morgan fingerprint density at radius 1 is 1.14 bits per heavy atom. The highest BCUT2D eigenvalue weighted by Gasteiger charge is 2.27. The van der Waals surface area contributed by atoms with Crippen LogP contribution in [-0.2, 0) is 19.1 Å². The Labute approximate surface area is 175 Å². The number of nitrogens with zero attached hydrogens (tertiary/aromatic N) is 1. The molecule has 0 radical (unpaired) electrons. The van der Waals surface area contributed by atoms with Crippen LogP contribution in [0.1, 0.15) is 26.3 Å². The van der Waals surface area contributed by atoms with E-state index in [0.717, 1.165) is 16.0 Å². The maximum absolute atomic E-state index is 12.1. The second kappa shape index (κ2) is 10.8. The molecule has 2 rings (SSSR count). The number of hydrogen-bond acceptors (Lipinski definition) is 6. The van der Waals surface area contributed by atoms with E-state index in [1.807, 2.05) is 43.3 Å². The number of hydrogen-bond donors (Lipinski definition) is 0. The third kappa shape index (κ3) is 6.35. The van der Waals surface area contributed by atoms with Gasteiger partial charge in [-0.1, -0.05) is 60.4 Å². The predicted octanol–water partition coefficient (Wildman–Crippen LogP) is 4.32. The summed E-state index contributed by atoms with van der Waals surface area (Å²) in [4.78, 5) is 27.0. The second-order valence-electron chi connectivity index (χ2n) is 5.89. The first kappa shape index (κ1) is 21.9. The largest absolute Gasteiger partial charge is 0.462 e. The van der Waals surface area contributed by atoms with Crippen LogP contribution in [0.15, 0.2) is 58.7 Å². The molecule has 0 aliphatic carbocycles. The standard InChI is InChI=1S/C21H23NO4S2/c1-4-25-19(23)18(20(24)26-5-2)14-22-13-17(28-21(22)27)12-15(3)11-16-9-7-6-8-10-16/h6-12,14H,4-5,13H2,1-3H3/b15-11+,17-12+. The lowest BCUT2D eigenvalue weighted by molar-refractivity contribution is -0.146. The van der Waals surface area contributed by atoms with Crippen molar-refractivity contribution in [1.82, 2.24) is 4.90 Å². The highest BCUT2D eigenvalue weighted by Crippen LogP contribution is 2.31. The summed E-state index contributed by atoms with van der Waals surface area (Å²) >= 11 is 6.83. The van der Waals surface area contributed by atoms with Crippen molar-refractivity contribution in [2.75, 3.05) is 19.8 Å². The van der Waals surface area contributed by atoms with Gasteiger partial charge in [0.05, 0.1) is 19.8 Å². The minimum absolute atomic E-state index is 0.163. The first-order valence-corrected chi connectivity index (χ1v) is 10.2. The Bertz CT molecular complexity index is 808. The fourth-order valence-electron chi connectivity index (χ4n) is 2.48. The molecule has 0 unspecified atom stereocenters. The zero-order chi connectivity index (χ0) is 20.5. The maximum atomic E-state index is 12.1. The van der Waals surface area contributed by atoms with Crippen molar-refractivity contribution in [1.29, 1.82) is 0 Å². The SMILES string of the molecule is CCOC(=O)C(=CN1C/C(=C\C(C)=C\c2ccccc2)SC1=S)C(=O)OCC. The van der Waals surface area contributed by atoms with Crippen LogP contribution in [0.2, 0.25) is 0 Å². The number of ether oxygens (including phenoxy) is 2. The lowest BCUT2D eigenvalue weighted by Gasteiger charge is -2.13. The minimum Gasteiger partial charge on any atom is -0.462 e. The van der Waals surface area contributed by atoms with Gasteiger partial charge in [0.25, 0.3) is 0 Å². The molecule has 0 bridgehead atoms. The highest BCUT2D eigenvalue weighted by atomic mass is 32.2. The molecule has 0 N–H and O–H groups in total. The van der Waals surface area contributed by atoms with Gasteiger partial charge >= 0.3 is 11.9 Å². The van der Waals surface area contributed by atoms with Crippen molar-refractivity contribution in [3.63, 3.8) is 0 Å². The molecule has 1 heterocycles. The lowest BCUT2D eigenvalue weighted by atomic mass is 10.1. The predicted molar refractivity (Wildman–Crippen MR) is 116 cm³/mol. The smallest absolute Gasteiger partial charge is 0.347 e. The Morgan fingerprint density at radius 2 is 1.75 bits per heavy atom. The molecule has 1 aliphatic heterocycles. The summed E-state index contributed by atoms with van der Waals surface area (Å²) in [7, 11) is 0. The van der Waals surface area contributed by atoms with Gasteiger partial charge in [-0.25, -0.2) is 9.59 Å². The second-order valence-corrected chi connectivity index (χ2v) is 7.65. The van der Waals surface area contributed by atoms with E-state index in [1.54, 1.807) is 18.7 Å². The Kier molecular flexibility index (Phi) is 8.47. The number of thioether (sulfide) groups is 1. The molecule has 1 fully saturated rings. The topological polar surface area (TPSA) is 55.8 Å². The van der Waals surface area contributed by atoms with Gasteiger partial charge in [0.15, 0.2) is 5.57 Å². The summed E-state index contributed by atoms with van der Waals surface area (Å²) in [6.45, 7) is 6.20. The van der Waals surface area contributed by atoms with Gasteiger partial charge in [-0.15, -0.1) is 0 Å². The van der Waals surface area contributed by atoms with Crippen molar-refractivity contribution in [2.24, 2.45) is 0 Å². The number of benzene rings is 1. The third-order valence-corrected chi connectivity index (χ3v) is 5.04. The summed E-state index contributed by atoms with van der Waals surface area (Å²) < 4.78 is 10.5. The van der Waals surface area contributed by atoms with E-state index >= 15 is 0 Å². The monoisotopic (exact) mass is 417 g/mol. The van der Waals surface area contributed by atoms with Gasteiger partial charge in [-0.2, -0.15) is 0 Å². The van der Waals surface area contributed by atoms with Gasteiger partial charge in [0, 0.05) is 11.1 Å². The minimum atomic E-state index is -0.716. The summed E-state index contributed by atoms with van der Waals surface area (Å²) in [5.41, 5.74) is 2.04. The fraction of sp³-hybridized carbons (Fsp3) is 0.286. The Hall–Kier alpha value is -2.38.